The van der Waals surface area contributed by atoms with E-state index in [1.165, 1.54) is 9.36 Å². The van der Waals surface area contributed by atoms with Crippen LogP contribution in [0.3, 0.4) is 0 Å². The first-order valence-corrected chi connectivity index (χ1v) is 8.20. The summed E-state index contributed by atoms with van der Waals surface area (Å²) in [6, 6.07) is 13.4. The number of aromatic nitrogens is 3. The molecule has 0 aliphatic heterocycles. The van der Waals surface area contributed by atoms with Gasteiger partial charge in [-0.1, -0.05) is 52.7 Å². The molecule has 0 bridgehead atoms. The van der Waals surface area contributed by atoms with Gasteiger partial charge in [0.25, 0.3) is 0 Å². The second kappa shape index (κ2) is 7.03. The maximum absolute atomic E-state index is 11.9. The van der Waals surface area contributed by atoms with Gasteiger partial charge in [-0.25, -0.2) is 14.7 Å². The summed E-state index contributed by atoms with van der Waals surface area (Å²) >= 11 is 6.28. The van der Waals surface area contributed by atoms with Crippen LogP contribution in [0.5, 0.6) is 0 Å². The van der Waals surface area contributed by atoms with E-state index in [2.05, 4.69) is 10.4 Å². The molecule has 1 aromatic heterocycles. The van der Waals surface area contributed by atoms with Gasteiger partial charge < -0.3 is 4.84 Å². The second-order valence-electron chi connectivity index (χ2n) is 5.83. The third kappa shape index (κ3) is 3.53. The first kappa shape index (κ1) is 17.1. The number of rotatable bonds is 5. The number of nitrogens with one attached hydrogen (secondary N) is 1. The molecule has 6 nitrogen and oxygen atoms in total. The van der Waals surface area contributed by atoms with Crippen LogP contribution in [-0.2, 0) is 18.5 Å². The summed E-state index contributed by atoms with van der Waals surface area (Å²) in [4.78, 5) is 17.4. The van der Waals surface area contributed by atoms with Crippen molar-refractivity contribution in [2.24, 2.45) is 12.2 Å². The lowest BCUT2D eigenvalue weighted by Crippen LogP contribution is -2.40. The Morgan fingerprint density at radius 1 is 1.28 bits per heavy atom. The van der Waals surface area contributed by atoms with Gasteiger partial charge in [-0.15, -0.1) is 0 Å². The predicted molar refractivity (Wildman–Crippen MR) is 98.5 cm³/mol. The van der Waals surface area contributed by atoms with Crippen LogP contribution in [-0.4, -0.2) is 20.3 Å². The van der Waals surface area contributed by atoms with Crippen LogP contribution >= 0.6 is 11.6 Å². The Bertz CT molecular complexity index is 981. The molecule has 1 heterocycles. The Morgan fingerprint density at radius 3 is 2.72 bits per heavy atom. The average Bonchev–Trinajstić information content (AvgIpc) is 2.60. The highest BCUT2D eigenvalue weighted by Crippen LogP contribution is 2.23. The summed E-state index contributed by atoms with van der Waals surface area (Å²) in [6.07, 6.45) is 0. The largest absolute Gasteiger partial charge is 0.391 e. The molecular weight excluding hydrogens is 340 g/mol. The highest BCUT2D eigenvalue weighted by Gasteiger charge is 2.14. The molecule has 0 atom stereocenters. The predicted octanol–water partition coefficient (Wildman–Crippen LogP) is 3.41. The standard InChI is InChI=1S/C18H19ClN4O2/c1-12-6-4-7-14(10-12)13(2)20-25-11-15-16(19)8-5-9-17(15)23-18(24)22(3)21-23/h4-10,21H,11H2,1-3H3/b20-13+. The number of oxime groups is 1. The molecule has 0 fully saturated rings. The number of H-pyrrole nitrogens is 1. The number of benzene rings is 2. The molecule has 0 aliphatic carbocycles. The van der Waals surface area contributed by atoms with Crippen LogP contribution in [0.4, 0.5) is 0 Å². The van der Waals surface area contributed by atoms with Crippen LogP contribution in [0.15, 0.2) is 52.4 Å². The van der Waals surface area contributed by atoms with Gasteiger partial charge in [0.1, 0.15) is 6.61 Å². The number of aryl methyl sites for hydroxylation is 2. The van der Waals surface area contributed by atoms with E-state index in [0.29, 0.717) is 16.3 Å². The third-order valence-electron chi connectivity index (χ3n) is 3.91. The minimum absolute atomic E-state index is 0.160. The highest BCUT2D eigenvalue weighted by atomic mass is 35.5. The molecule has 0 saturated carbocycles. The van der Waals surface area contributed by atoms with E-state index in [4.69, 9.17) is 16.4 Å². The SMILES string of the molecule is C/C(=N\OCc1c(Cl)cccc1-n1[nH]n(C)c1=O)c1cccc(C)c1. The van der Waals surface area contributed by atoms with E-state index in [0.717, 1.165) is 16.8 Å². The topological polar surface area (TPSA) is 64.3 Å². The Kier molecular flexibility index (Phi) is 4.81. The molecule has 3 aromatic rings. The zero-order valence-corrected chi connectivity index (χ0v) is 15.0. The Labute approximate surface area is 150 Å². The number of halogens is 1. The summed E-state index contributed by atoms with van der Waals surface area (Å²) < 4.78 is 2.80. The molecule has 0 saturated heterocycles. The maximum Gasteiger partial charge on any atom is 0.364 e. The lowest BCUT2D eigenvalue weighted by Gasteiger charge is -2.17. The fraction of sp³-hybridized carbons (Fsp3) is 0.222. The minimum atomic E-state index is -0.164. The zero-order valence-electron chi connectivity index (χ0n) is 14.3. The zero-order chi connectivity index (χ0) is 18.0. The van der Waals surface area contributed by atoms with Crippen molar-refractivity contribution < 1.29 is 4.84 Å². The highest BCUT2D eigenvalue weighted by molar-refractivity contribution is 6.31. The van der Waals surface area contributed by atoms with E-state index in [1.54, 1.807) is 25.2 Å². The molecule has 1 N–H and O–H groups in total. The second-order valence-corrected chi connectivity index (χ2v) is 6.24. The first-order chi connectivity index (χ1) is 12.0. The van der Waals surface area contributed by atoms with Crippen molar-refractivity contribution in [2.75, 3.05) is 0 Å². The molecule has 0 aliphatic rings. The molecule has 130 valence electrons. The summed E-state index contributed by atoms with van der Waals surface area (Å²) in [5, 5.41) is 7.57. The Balaban J connectivity index is 1.81. The van der Waals surface area contributed by atoms with Gasteiger partial charge in [0.05, 0.1) is 11.4 Å². The van der Waals surface area contributed by atoms with Crippen molar-refractivity contribution in [3.63, 3.8) is 0 Å². The Hall–Kier alpha value is -2.73. The lowest BCUT2D eigenvalue weighted by molar-refractivity contribution is 0.130. The maximum atomic E-state index is 11.9. The molecule has 2 aromatic carbocycles. The molecule has 7 heteroatoms. The van der Waals surface area contributed by atoms with Gasteiger partial charge in [-0.05, 0) is 31.5 Å². The van der Waals surface area contributed by atoms with Crippen LogP contribution in [0.1, 0.15) is 23.6 Å². The normalized spacial score (nSPS) is 11.8. The van der Waals surface area contributed by atoms with Gasteiger partial charge in [0.2, 0.25) is 0 Å². The smallest absolute Gasteiger partial charge is 0.364 e. The quantitative estimate of drug-likeness (QED) is 0.561. The van der Waals surface area contributed by atoms with Crippen molar-refractivity contribution in [1.82, 2.24) is 14.6 Å². The molecule has 25 heavy (non-hydrogen) atoms. The van der Waals surface area contributed by atoms with E-state index in [9.17, 15) is 4.79 Å². The van der Waals surface area contributed by atoms with Gasteiger partial charge in [0.15, 0.2) is 0 Å². The van der Waals surface area contributed by atoms with Gasteiger partial charge in [-0.3, -0.25) is 0 Å². The molecule has 0 radical (unpaired) electrons. The van der Waals surface area contributed by atoms with Crippen LogP contribution in [0.25, 0.3) is 5.69 Å². The lowest BCUT2D eigenvalue weighted by atomic mass is 10.1. The summed E-state index contributed by atoms with van der Waals surface area (Å²) in [5.41, 5.74) is 4.11. The molecular formula is C18H19ClN4O2. The summed E-state index contributed by atoms with van der Waals surface area (Å²) in [7, 11) is 1.65. The first-order valence-electron chi connectivity index (χ1n) is 7.82. The van der Waals surface area contributed by atoms with Crippen LogP contribution < -0.4 is 5.69 Å². The van der Waals surface area contributed by atoms with E-state index >= 15 is 0 Å². The molecule has 0 unspecified atom stereocenters. The van der Waals surface area contributed by atoms with Crippen molar-refractivity contribution in [3.05, 3.63) is 74.7 Å². The average molecular weight is 359 g/mol. The fourth-order valence-corrected chi connectivity index (χ4v) is 2.74. The van der Waals surface area contributed by atoms with Gasteiger partial charge >= 0.3 is 5.69 Å². The molecule has 0 amide bonds. The number of hydrogen-bond acceptors (Lipinski definition) is 3. The van der Waals surface area contributed by atoms with Crippen molar-refractivity contribution >= 4 is 17.3 Å². The number of nitrogens with zero attached hydrogens (tertiary/aromatic N) is 3. The monoisotopic (exact) mass is 358 g/mol. The van der Waals surface area contributed by atoms with Gasteiger partial charge in [0, 0.05) is 17.6 Å². The molecule has 0 spiro atoms. The van der Waals surface area contributed by atoms with Crippen LogP contribution in [0.2, 0.25) is 5.02 Å². The summed E-state index contributed by atoms with van der Waals surface area (Å²) in [6.45, 7) is 4.08. The van der Waals surface area contributed by atoms with Crippen molar-refractivity contribution in [1.29, 1.82) is 0 Å². The molecule has 3 rings (SSSR count). The van der Waals surface area contributed by atoms with Gasteiger partial charge in [-0.2, -0.15) is 4.68 Å². The van der Waals surface area contributed by atoms with E-state index in [-0.39, 0.29) is 12.3 Å². The number of hydrogen-bond donors (Lipinski definition) is 1. The van der Waals surface area contributed by atoms with Crippen LogP contribution in [0, 0.1) is 6.92 Å². The number of aromatic amines is 1. The van der Waals surface area contributed by atoms with E-state index < -0.39 is 0 Å². The minimum Gasteiger partial charge on any atom is -0.391 e. The van der Waals surface area contributed by atoms with Crippen molar-refractivity contribution in [2.45, 2.75) is 20.5 Å². The fourth-order valence-electron chi connectivity index (χ4n) is 2.51. The van der Waals surface area contributed by atoms with Crippen molar-refractivity contribution in [3.8, 4) is 5.69 Å². The van der Waals surface area contributed by atoms with E-state index in [1.807, 2.05) is 38.1 Å². The Morgan fingerprint density at radius 2 is 2.04 bits per heavy atom. The summed E-state index contributed by atoms with van der Waals surface area (Å²) in [5.74, 6) is 0. The third-order valence-corrected chi connectivity index (χ3v) is 4.26.